The Morgan fingerprint density at radius 2 is 2.10 bits per heavy atom. The van der Waals surface area contributed by atoms with Gasteiger partial charge in [0.2, 0.25) is 0 Å². The van der Waals surface area contributed by atoms with Gasteiger partial charge < -0.3 is 20.1 Å². The lowest BCUT2D eigenvalue weighted by atomic mass is 10.1. The maximum atomic E-state index is 11.9. The summed E-state index contributed by atoms with van der Waals surface area (Å²) < 4.78 is 10.3. The first-order chi connectivity index (χ1) is 9.60. The Kier molecular flexibility index (Phi) is 7.04. The first-order valence-electron chi connectivity index (χ1n) is 6.79. The van der Waals surface area contributed by atoms with Crippen LogP contribution in [0.4, 0.5) is 10.5 Å². The number of anilines is 1. The van der Waals surface area contributed by atoms with Gasteiger partial charge in [-0.15, -0.1) is 0 Å². The van der Waals surface area contributed by atoms with Crippen molar-refractivity contribution in [3.05, 3.63) is 29.8 Å². The van der Waals surface area contributed by atoms with Crippen LogP contribution in [0.25, 0.3) is 0 Å². The van der Waals surface area contributed by atoms with Crippen molar-refractivity contribution in [1.82, 2.24) is 5.32 Å². The van der Waals surface area contributed by atoms with Gasteiger partial charge in [0.05, 0.1) is 18.8 Å². The zero-order valence-electron chi connectivity index (χ0n) is 12.6. The second-order valence-electron chi connectivity index (χ2n) is 4.66. The van der Waals surface area contributed by atoms with E-state index in [-0.39, 0.29) is 18.2 Å². The fraction of sp³-hybridized carbons (Fsp3) is 0.533. The van der Waals surface area contributed by atoms with Crippen LogP contribution in [-0.2, 0) is 9.47 Å². The highest BCUT2D eigenvalue weighted by Crippen LogP contribution is 2.19. The van der Waals surface area contributed by atoms with Crippen LogP contribution in [0.5, 0.6) is 0 Å². The predicted molar refractivity (Wildman–Crippen MR) is 80.0 cm³/mol. The highest BCUT2D eigenvalue weighted by molar-refractivity contribution is 5.89. The smallest absolute Gasteiger partial charge is 0.319 e. The van der Waals surface area contributed by atoms with E-state index in [9.17, 15) is 4.79 Å². The number of amides is 2. The van der Waals surface area contributed by atoms with Crippen LogP contribution < -0.4 is 10.6 Å². The Labute approximate surface area is 120 Å². The van der Waals surface area contributed by atoms with Crippen LogP contribution in [0.2, 0.25) is 0 Å². The monoisotopic (exact) mass is 280 g/mol. The number of rotatable bonds is 7. The van der Waals surface area contributed by atoms with Crippen molar-refractivity contribution in [2.45, 2.75) is 32.4 Å². The summed E-state index contributed by atoms with van der Waals surface area (Å²) in [7, 11) is 3.28. The molecule has 5 heteroatoms. The molecule has 20 heavy (non-hydrogen) atoms. The molecule has 112 valence electrons. The van der Waals surface area contributed by atoms with E-state index in [1.165, 1.54) is 0 Å². The third-order valence-electron chi connectivity index (χ3n) is 3.16. The van der Waals surface area contributed by atoms with Gasteiger partial charge in [-0.3, -0.25) is 0 Å². The van der Waals surface area contributed by atoms with E-state index in [2.05, 4.69) is 10.6 Å². The normalized spacial score (nSPS) is 13.6. The van der Waals surface area contributed by atoms with Crippen LogP contribution in [0.1, 0.15) is 31.9 Å². The number of ether oxygens (including phenoxy) is 2. The molecule has 2 amide bonds. The van der Waals surface area contributed by atoms with Crippen LogP contribution in [0.15, 0.2) is 24.3 Å². The fourth-order valence-corrected chi connectivity index (χ4v) is 1.82. The number of nitrogens with one attached hydrogen (secondary N) is 2. The van der Waals surface area contributed by atoms with Gasteiger partial charge in [0.15, 0.2) is 0 Å². The van der Waals surface area contributed by atoms with Crippen LogP contribution in [0.3, 0.4) is 0 Å². The molecule has 0 fully saturated rings. The van der Waals surface area contributed by atoms with E-state index in [0.717, 1.165) is 17.7 Å². The topological polar surface area (TPSA) is 59.6 Å². The van der Waals surface area contributed by atoms with Crippen molar-refractivity contribution < 1.29 is 14.3 Å². The van der Waals surface area contributed by atoms with Gasteiger partial charge in [-0.2, -0.15) is 0 Å². The SMILES string of the molecule is CC[C@H](COC)NC(=O)Nc1cccc([C@H](C)OC)c1. The van der Waals surface area contributed by atoms with Crippen molar-refractivity contribution in [3.8, 4) is 0 Å². The second-order valence-corrected chi connectivity index (χ2v) is 4.66. The third kappa shape index (κ3) is 5.19. The maximum absolute atomic E-state index is 11.9. The van der Waals surface area contributed by atoms with Gasteiger partial charge in [-0.1, -0.05) is 19.1 Å². The molecule has 1 rings (SSSR count). The Morgan fingerprint density at radius 3 is 2.70 bits per heavy atom. The van der Waals surface area contributed by atoms with Crippen molar-refractivity contribution >= 4 is 11.7 Å². The Hall–Kier alpha value is -1.59. The molecule has 0 aliphatic carbocycles. The number of hydrogen-bond donors (Lipinski definition) is 2. The summed E-state index contributed by atoms with van der Waals surface area (Å²) in [6, 6.07) is 7.41. The average molecular weight is 280 g/mol. The molecule has 2 N–H and O–H groups in total. The van der Waals surface area contributed by atoms with Gasteiger partial charge in [0.1, 0.15) is 0 Å². The number of carbonyl (C=O) groups is 1. The van der Waals surface area contributed by atoms with Gasteiger partial charge in [-0.05, 0) is 31.0 Å². The minimum Gasteiger partial charge on any atom is -0.383 e. The Bertz CT molecular complexity index is 423. The van der Waals surface area contributed by atoms with E-state index >= 15 is 0 Å². The summed E-state index contributed by atoms with van der Waals surface area (Å²) in [4.78, 5) is 11.9. The van der Waals surface area contributed by atoms with E-state index < -0.39 is 0 Å². The number of hydrogen-bond acceptors (Lipinski definition) is 3. The molecule has 1 aromatic rings. The summed E-state index contributed by atoms with van der Waals surface area (Å²) in [5, 5.41) is 5.70. The zero-order valence-corrected chi connectivity index (χ0v) is 12.6. The molecule has 0 radical (unpaired) electrons. The van der Waals surface area contributed by atoms with Gasteiger partial charge in [-0.25, -0.2) is 4.79 Å². The van der Waals surface area contributed by atoms with Crippen LogP contribution in [-0.4, -0.2) is 32.9 Å². The minimum absolute atomic E-state index is 0.00306. The number of methoxy groups -OCH3 is 2. The molecular weight excluding hydrogens is 256 g/mol. The zero-order chi connectivity index (χ0) is 15.0. The molecule has 0 aromatic heterocycles. The molecule has 0 saturated carbocycles. The largest absolute Gasteiger partial charge is 0.383 e. The lowest BCUT2D eigenvalue weighted by molar-refractivity contribution is 0.119. The van der Waals surface area contributed by atoms with Crippen LogP contribution in [0, 0.1) is 0 Å². The third-order valence-corrected chi connectivity index (χ3v) is 3.16. The molecule has 2 atom stereocenters. The summed E-state index contributed by atoms with van der Waals surface area (Å²) in [5.41, 5.74) is 1.77. The Morgan fingerprint density at radius 1 is 1.35 bits per heavy atom. The van der Waals surface area contributed by atoms with Crippen LogP contribution >= 0.6 is 0 Å². The summed E-state index contributed by atoms with van der Waals surface area (Å²) in [6.45, 7) is 4.47. The van der Waals surface area contributed by atoms with Crippen molar-refractivity contribution in [3.63, 3.8) is 0 Å². The summed E-state index contributed by atoms with van der Waals surface area (Å²) in [6.07, 6.45) is 0.818. The van der Waals surface area contributed by atoms with E-state index in [4.69, 9.17) is 9.47 Å². The quantitative estimate of drug-likeness (QED) is 0.807. The first kappa shape index (κ1) is 16.5. The maximum Gasteiger partial charge on any atom is 0.319 e. The molecule has 0 heterocycles. The number of benzene rings is 1. The van der Waals surface area contributed by atoms with Crippen molar-refractivity contribution in [2.75, 3.05) is 26.1 Å². The molecule has 5 nitrogen and oxygen atoms in total. The lowest BCUT2D eigenvalue weighted by Crippen LogP contribution is -2.40. The van der Waals surface area contributed by atoms with E-state index in [1.54, 1.807) is 14.2 Å². The summed E-state index contributed by atoms with van der Waals surface area (Å²) in [5.74, 6) is 0. The van der Waals surface area contributed by atoms with E-state index in [1.807, 2.05) is 38.1 Å². The number of carbonyl (C=O) groups excluding carboxylic acids is 1. The molecule has 1 aromatic carbocycles. The number of urea groups is 1. The minimum atomic E-state index is -0.226. The fourth-order valence-electron chi connectivity index (χ4n) is 1.82. The molecule has 0 saturated heterocycles. The highest BCUT2D eigenvalue weighted by Gasteiger charge is 2.11. The van der Waals surface area contributed by atoms with Crippen molar-refractivity contribution in [1.29, 1.82) is 0 Å². The Balaban J connectivity index is 2.61. The molecular formula is C15H24N2O3. The molecule has 0 aliphatic heterocycles. The molecule has 0 aliphatic rings. The first-order valence-corrected chi connectivity index (χ1v) is 6.79. The average Bonchev–Trinajstić information content (AvgIpc) is 2.46. The predicted octanol–water partition coefficient (Wildman–Crippen LogP) is 2.94. The second kappa shape index (κ2) is 8.55. The van der Waals surface area contributed by atoms with Gasteiger partial charge >= 0.3 is 6.03 Å². The molecule has 0 bridgehead atoms. The van der Waals surface area contributed by atoms with E-state index in [0.29, 0.717) is 6.61 Å². The van der Waals surface area contributed by atoms with Crippen molar-refractivity contribution in [2.24, 2.45) is 0 Å². The summed E-state index contributed by atoms with van der Waals surface area (Å²) >= 11 is 0. The van der Waals surface area contributed by atoms with Gasteiger partial charge in [0.25, 0.3) is 0 Å². The van der Waals surface area contributed by atoms with Gasteiger partial charge in [0, 0.05) is 19.9 Å². The lowest BCUT2D eigenvalue weighted by Gasteiger charge is -2.17. The highest BCUT2D eigenvalue weighted by atomic mass is 16.5. The molecule has 0 unspecified atom stereocenters. The standard InChI is InChI=1S/C15H24N2O3/c1-5-13(10-19-3)16-15(18)17-14-8-6-7-12(9-14)11(2)20-4/h6-9,11,13H,5,10H2,1-4H3,(H2,16,17,18)/t11-,13+/m0/s1. The molecule has 0 spiro atoms.